The Morgan fingerprint density at radius 3 is 3.04 bits per heavy atom. The normalized spacial score (nSPS) is 14.0. The van der Waals surface area contributed by atoms with Gasteiger partial charge in [0.25, 0.3) is 5.56 Å². The zero-order valence-electron chi connectivity index (χ0n) is 13.1. The van der Waals surface area contributed by atoms with E-state index in [0.29, 0.717) is 6.54 Å². The van der Waals surface area contributed by atoms with Gasteiger partial charge in [-0.15, -0.1) is 22.7 Å². The molecule has 1 aliphatic carbocycles. The zero-order valence-corrected chi connectivity index (χ0v) is 14.7. The van der Waals surface area contributed by atoms with E-state index in [9.17, 15) is 4.79 Å². The van der Waals surface area contributed by atoms with Gasteiger partial charge < -0.3 is 4.98 Å². The van der Waals surface area contributed by atoms with Gasteiger partial charge in [0.2, 0.25) is 0 Å². The van der Waals surface area contributed by atoms with Gasteiger partial charge in [0, 0.05) is 16.3 Å². The van der Waals surface area contributed by atoms with Crippen molar-refractivity contribution in [1.82, 2.24) is 14.9 Å². The molecule has 0 aromatic carbocycles. The second kappa shape index (κ2) is 6.19. The van der Waals surface area contributed by atoms with Gasteiger partial charge in [0.15, 0.2) is 0 Å². The number of nitrogens with one attached hydrogen (secondary N) is 1. The third-order valence-electron chi connectivity index (χ3n) is 4.40. The van der Waals surface area contributed by atoms with E-state index in [1.165, 1.54) is 21.7 Å². The van der Waals surface area contributed by atoms with E-state index in [4.69, 9.17) is 4.98 Å². The van der Waals surface area contributed by atoms with Crippen LogP contribution in [0.5, 0.6) is 0 Å². The van der Waals surface area contributed by atoms with Gasteiger partial charge >= 0.3 is 0 Å². The van der Waals surface area contributed by atoms with Crippen molar-refractivity contribution in [1.29, 1.82) is 0 Å². The number of aromatic amines is 1. The van der Waals surface area contributed by atoms with Crippen LogP contribution in [0.2, 0.25) is 0 Å². The van der Waals surface area contributed by atoms with E-state index < -0.39 is 0 Å². The fraction of sp³-hybridized carbons (Fsp3) is 0.412. The molecular weight excluding hydrogens is 326 g/mol. The van der Waals surface area contributed by atoms with Crippen molar-refractivity contribution in [3.63, 3.8) is 0 Å². The van der Waals surface area contributed by atoms with Crippen LogP contribution in [0.1, 0.15) is 34.5 Å². The number of aryl methyl sites for hydroxylation is 2. The standard InChI is InChI=1S/C17H19N3OS2/c1-2-20(9-11-5-4-8-22-11)10-14-18-16(21)15-12-6-3-7-13(12)23-17(15)19-14/h4-5,8H,2-3,6-7,9-10H2,1H3,(H,18,19,21). The number of H-pyrrole nitrogens is 1. The molecule has 1 N–H and O–H groups in total. The van der Waals surface area contributed by atoms with Gasteiger partial charge in [-0.3, -0.25) is 9.69 Å². The molecule has 120 valence electrons. The van der Waals surface area contributed by atoms with E-state index >= 15 is 0 Å². The Morgan fingerprint density at radius 1 is 1.35 bits per heavy atom. The van der Waals surface area contributed by atoms with Gasteiger partial charge in [0.05, 0.1) is 11.9 Å². The number of thiophene rings is 2. The molecule has 0 aliphatic heterocycles. The van der Waals surface area contributed by atoms with E-state index in [1.54, 1.807) is 22.7 Å². The van der Waals surface area contributed by atoms with Crippen molar-refractivity contribution >= 4 is 32.9 Å². The highest BCUT2D eigenvalue weighted by atomic mass is 32.1. The molecule has 4 nitrogen and oxygen atoms in total. The molecule has 0 saturated carbocycles. The Kier molecular flexibility index (Phi) is 4.05. The van der Waals surface area contributed by atoms with Gasteiger partial charge in [-0.1, -0.05) is 13.0 Å². The zero-order chi connectivity index (χ0) is 15.8. The number of hydrogen-bond donors (Lipinski definition) is 1. The van der Waals surface area contributed by atoms with Crippen molar-refractivity contribution in [2.75, 3.05) is 6.54 Å². The van der Waals surface area contributed by atoms with E-state index in [1.807, 2.05) is 0 Å². The molecule has 0 atom stereocenters. The summed E-state index contributed by atoms with van der Waals surface area (Å²) in [6.07, 6.45) is 3.30. The minimum atomic E-state index is 0.0385. The first-order valence-electron chi connectivity index (χ1n) is 8.02. The van der Waals surface area contributed by atoms with E-state index in [-0.39, 0.29) is 5.56 Å². The van der Waals surface area contributed by atoms with Gasteiger partial charge in [-0.05, 0) is 42.8 Å². The summed E-state index contributed by atoms with van der Waals surface area (Å²) in [7, 11) is 0. The highest BCUT2D eigenvalue weighted by Crippen LogP contribution is 2.34. The molecule has 0 radical (unpaired) electrons. The Labute approximate surface area is 142 Å². The van der Waals surface area contributed by atoms with Crippen molar-refractivity contribution in [2.45, 2.75) is 39.3 Å². The molecule has 3 heterocycles. The molecule has 0 bridgehead atoms. The second-order valence-corrected chi connectivity index (χ2v) is 8.05. The van der Waals surface area contributed by atoms with Crippen molar-refractivity contribution in [2.24, 2.45) is 0 Å². The summed E-state index contributed by atoms with van der Waals surface area (Å²) in [5, 5.41) is 2.94. The van der Waals surface area contributed by atoms with Crippen LogP contribution < -0.4 is 5.56 Å². The monoisotopic (exact) mass is 345 g/mol. The first-order chi connectivity index (χ1) is 11.2. The van der Waals surface area contributed by atoms with Crippen LogP contribution >= 0.6 is 22.7 Å². The Hall–Kier alpha value is -1.50. The maximum Gasteiger partial charge on any atom is 0.259 e. The third-order valence-corrected chi connectivity index (χ3v) is 6.45. The molecule has 1 aliphatic rings. The fourth-order valence-electron chi connectivity index (χ4n) is 3.24. The molecule has 4 rings (SSSR count). The highest BCUT2D eigenvalue weighted by Gasteiger charge is 2.21. The molecule has 23 heavy (non-hydrogen) atoms. The number of hydrogen-bond acceptors (Lipinski definition) is 5. The average molecular weight is 345 g/mol. The van der Waals surface area contributed by atoms with Crippen molar-refractivity contribution < 1.29 is 0 Å². The number of nitrogens with zero attached hydrogens (tertiary/aromatic N) is 2. The van der Waals surface area contributed by atoms with Crippen LogP contribution in [0.15, 0.2) is 22.3 Å². The Bertz CT molecular complexity index is 879. The predicted molar refractivity (Wildman–Crippen MR) is 96.4 cm³/mol. The molecule has 3 aromatic rings. The van der Waals surface area contributed by atoms with Crippen LogP contribution in [0, 0.1) is 0 Å². The Morgan fingerprint density at radius 2 is 2.26 bits per heavy atom. The van der Waals surface area contributed by atoms with Gasteiger partial charge in [-0.25, -0.2) is 4.98 Å². The van der Waals surface area contributed by atoms with Crippen LogP contribution in [-0.4, -0.2) is 21.4 Å². The predicted octanol–water partition coefficient (Wildman–Crippen LogP) is 3.56. The smallest absolute Gasteiger partial charge is 0.259 e. The maximum absolute atomic E-state index is 12.5. The third kappa shape index (κ3) is 2.86. The summed E-state index contributed by atoms with van der Waals surface area (Å²) in [5.74, 6) is 0.779. The molecule has 0 spiro atoms. The minimum Gasteiger partial charge on any atom is -0.309 e. The lowest BCUT2D eigenvalue weighted by Gasteiger charge is -2.18. The quantitative estimate of drug-likeness (QED) is 0.769. The summed E-state index contributed by atoms with van der Waals surface area (Å²) in [5.41, 5.74) is 1.29. The molecule has 3 aromatic heterocycles. The van der Waals surface area contributed by atoms with Crippen LogP contribution in [-0.2, 0) is 25.9 Å². The fourth-order valence-corrected chi connectivity index (χ4v) is 5.26. The lowest BCUT2D eigenvalue weighted by atomic mass is 10.2. The van der Waals surface area contributed by atoms with Crippen LogP contribution in [0.3, 0.4) is 0 Å². The number of fused-ring (bicyclic) bond motifs is 3. The number of rotatable bonds is 5. The van der Waals surface area contributed by atoms with Crippen LogP contribution in [0.4, 0.5) is 0 Å². The lowest BCUT2D eigenvalue weighted by Crippen LogP contribution is -2.25. The first-order valence-corrected chi connectivity index (χ1v) is 9.72. The minimum absolute atomic E-state index is 0.0385. The highest BCUT2D eigenvalue weighted by molar-refractivity contribution is 7.18. The largest absolute Gasteiger partial charge is 0.309 e. The second-order valence-electron chi connectivity index (χ2n) is 5.93. The van der Waals surface area contributed by atoms with Gasteiger partial charge in [-0.2, -0.15) is 0 Å². The lowest BCUT2D eigenvalue weighted by molar-refractivity contribution is 0.267. The van der Waals surface area contributed by atoms with E-state index in [2.05, 4.69) is 34.3 Å². The summed E-state index contributed by atoms with van der Waals surface area (Å²) < 4.78 is 0. The maximum atomic E-state index is 12.5. The summed E-state index contributed by atoms with van der Waals surface area (Å²) >= 11 is 3.47. The average Bonchev–Trinajstić information content (AvgIpc) is 3.22. The SMILES string of the molecule is CCN(Cc1nc2sc3c(c2c(=O)[nH]1)CCC3)Cc1cccs1. The van der Waals surface area contributed by atoms with Crippen molar-refractivity contribution in [3.8, 4) is 0 Å². The Balaban J connectivity index is 1.62. The molecule has 6 heteroatoms. The summed E-state index contributed by atoms with van der Waals surface area (Å²) in [4.78, 5) is 26.2. The molecule has 0 unspecified atom stereocenters. The first kappa shape index (κ1) is 15.1. The van der Waals surface area contributed by atoms with Crippen molar-refractivity contribution in [3.05, 3.63) is 49.0 Å². The molecule has 0 fully saturated rings. The number of aromatic nitrogens is 2. The molecule has 0 saturated heterocycles. The summed E-state index contributed by atoms with van der Waals surface area (Å²) in [6.45, 7) is 4.66. The molecule has 0 amide bonds. The summed E-state index contributed by atoms with van der Waals surface area (Å²) in [6, 6.07) is 4.23. The van der Waals surface area contributed by atoms with Gasteiger partial charge in [0.1, 0.15) is 10.7 Å². The van der Waals surface area contributed by atoms with E-state index in [0.717, 1.165) is 42.0 Å². The molecular formula is C17H19N3OS2. The topological polar surface area (TPSA) is 49.0 Å². The van der Waals surface area contributed by atoms with Crippen LogP contribution in [0.25, 0.3) is 10.2 Å².